The normalized spacial score (nSPS) is 16.1. The highest BCUT2D eigenvalue weighted by atomic mass is 16.6. The Labute approximate surface area is 216 Å². The highest BCUT2D eigenvalue weighted by Crippen LogP contribution is 2.23. The molecule has 0 unspecified atom stereocenters. The van der Waals surface area contributed by atoms with Crippen LogP contribution in [0.3, 0.4) is 0 Å². The minimum Gasteiger partial charge on any atom is -0.458 e. The van der Waals surface area contributed by atoms with Gasteiger partial charge in [-0.25, -0.2) is 19.4 Å². The van der Waals surface area contributed by atoms with Crippen LogP contribution < -0.4 is 10.6 Å². The molecule has 0 spiro atoms. The fraction of sp³-hybridized carbons (Fsp3) is 0.500. The molecule has 3 aromatic rings. The number of likely N-dealkylation sites (tertiary alicyclic amines) is 1. The molecule has 11 heteroatoms. The molecule has 1 atom stereocenters. The van der Waals surface area contributed by atoms with Gasteiger partial charge in [0, 0.05) is 24.8 Å². The Kier molecular flexibility index (Phi) is 7.63. The number of anilines is 1. The zero-order valence-electron chi connectivity index (χ0n) is 22.3. The van der Waals surface area contributed by atoms with E-state index >= 15 is 0 Å². The molecule has 0 saturated carbocycles. The van der Waals surface area contributed by atoms with Gasteiger partial charge in [0.25, 0.3) is 0 Å². The second-order valence-corrected chi connectivity index (χ2v) is 10.5. The van der Waals surface area contributed by atoms with E-state index in [1.807, 2.05) is 53.7 Å². The number of aryl methyl sites for hydroxylation is 3. The first-order valence-electron chi connectivity index (χ1n) is 12.4. The van der Waals surface area contributed by atoms with E-state index in [-0.39, 0.29) is 18.4 Å². The third-order valence-corrected chi connectivity index (χ3v) is 5.84. The largest absolute Gasteiger partial charge is 0.458 e. The highest BCUT2D eigenvalue weighted by molar-refractivity contribution is 5.91. The van der Waals surface area contributed by atoms with Gasteiger partial charge in [-0.2, -0.15) is 5.10 Å². The Bertz CT molecular complexity index is 1270. The second-order valence-electron chi connectivity index (χ2n) is 10.5. The van der Waals surface area contributed by atoms with E-state index in [0.717, 1.165) is 30.1 Å². The quantitative estimate of drug-likeness (QED) is 0.494. The van der Waals surface area contributed by atoms with Crippen LogP contribution in [-0.4, -0.2) is 68.4 Å². The zero-order valence-corrected chi connectivity index (χ0v) is 22.3. The van der Waals surface area contributed by atoms with E-state index in [1.54, 1.807) is 16.8 Å². The monoisotopic (exact) mass is 509 g/mol. The molecule has 0 aliphatic carbocycles. The summed E-state index contributed by atoms with van der Waals surface area (Å²) in [6.07, 6.45) is 0.467. The molecule has 1 fully saturated rings. The molecule has 1 saturated heterocycles. The van der Waals surface area contributed by atoms with E-state index in [4.69, 9.17) is 9.15 Å². The molecular formula is C26H35N7O4. The van der Waals surface area contributed by atoms with Gasteiger partial charge in [-0.05, 0) is 78.6 Å². The smallest absolute Gasteiger partial charge is 0.407 e. The van der Waals surface area contributed by atoms with Gasteiger partial charge in [-0.1, -0.05) is 0 Å². The summed E-state index contributed by atoms with van der Waals surface area (Å²) in [5.41, 5.74) is 1.25. The summed E-state index contributed by atoms with van der Waals surface area (Å²) in [6, 6.07) is 7.30. The number of alkyl carbamates (subject to hydrolysis) is 1. The number of hydrogen-bond acceptors (Lipinski definition) is 8. The number of hydrogen-bond donors (Lipinski definition) is 2. The Morgan fingerprint density at radius 3 is 2.59 bits per heavy atom. The first kappa shape index (κ1) is 26.3. The highest BCUT2D eigenvalue weighted by Gasteiger charge is 2.26. The number of carbonyl (C=O) groups excluding carboxylic acids is 2. The molecule has 11 nitrogen and oxygen atoms in total. The maximum atomic E-state index is 12.9. The van der Waals surface area contributed by atoms with Gasteiger partial charge < -0.3 is 19.8 Å². The van der Waals surface area contributed by atoms with Crippen LogP contribution in [0.15, 0.2) is 28.7 Å². The molecule has 1 aliphatic rings. The first-order valence-corrected chi connectivity index (χ1v) is 12.4. The molecular weight excluding hydrogens is 474 g/mol. The minimum atomic E-state index is -0.532. The second kappa shape index (κ2) is 10.7. The van der Waals surface area contributed by atoms with Gasteiger partial charge in [0.05, 0.1) is 12.2 Å². The Hall–Kier alpha value is -3.73. The van der Waals surface area contributed by atoms with E-state index in [0.29, 0.717) is 36.3 Å². The van der Waals surface area contributed by atoms with Crippen molar-refractivity contribution < 1.29 is 18.7 Å². The van der Waals surface area contributed by atoms with Crippen LogP contribution in [0.25, 0.3) is 17.4 Å². The van der Waals surface area contributed by atoms with Gasteiger partial charge in [0.15, 0.2) is 17.4 Å². The summed E-state index contributed by atoms with van der Waals surface area (Å²) in [4.78, 5) is 36.1. The van der Waals surface area contributed by atoms with Crippen molar-refractivity contribution in [2.45, 2.75) is 53.6 Å². The Balaban J connectivity index is 1.40. The molecule has 198 valence electrons. The number of ether oxygens (including phenoxy) is 1. The van der Waals surface area contributed by atoms with E-state index in [2.05, 4.69) is 30.6 Å². The summed E-state index contributed by atoms with van der Waals surface area (Å²) in [6.45, 7) is 13.4. The third kappa shape index (κ3) is 7.16. The van der Waals surface area contributed by atoms with Crippen LogP contribution in [-0.2, 0) is 9.53 Å². The van der Waals surface area contributed by atoms with E-state index in [9.17, 15) is 9.59 Å². The van der Waals surface area contributed by atoms with Crippen LogP contribution in [0.2, 0.25) is 0 Å². The molecule has 4 heterocycles. The van der Waals surface area contributed by atoms with Crippen LogP contribution in [0.1, 0.15) is 44.3 Å². The van der Waals surface area contributed by atoms with Gasteiger partial charge in [-0.3, -0.25) is 9.69 Å². The third-order valence-electron chi connectivity index (χ3n) is 5.84. The standard InChI is InChI=1S/C26H35N7O4/c1-16-11-17(2)33(31-16)22-12-21(29-24(30-22)20-8-7-18(3)36-20)28-23(34)15-32-10-9-19(14-32)13-27-25(35)37-26(4,5)6/h7-8,11-12,19H,9-10,13-15H2,1-6H3,(H,27,35)(H,28,29,30,34)/t19-/m1/s1. The van der Waals surface area contributed by atoms with Gasteiger partial charge >= 0.3 is 6.09 Å². The van der Waals surface area contributed by atoms with Crippen molar-refractivity contribution in [1.29, 1.82) is 0 Å². The number of rotatable bonds is 7. The summed E-state index contributed by atoms with van der Waals surface area (Å²) in [7, 11) is 0. The van der Waals surface area contributed by atoms with Crippen LogP contribution in [0.5, 0.6) is 0 Å². The summed E-state index contributed by atoms with van der Waals surface area (Å²) >= 11 is 0. The SMILES string of the molecule is Cc1cc(C)n(-c2cc(NC(=O)CN3CC[C@H](CNC(=O)OC(C)(C)C)C3)nc(-c3ccc(C)o3)n2)n1. The Morgan fingerprint density at radius 2 is 1.95 bits per heavy atom. The van der Waals surface area contributed by atoms with Crippen molar-refractivity contribution in [3.8, 4) is 17.4 Å². The van der Waals surface area contributed by atoms with Crippen molar-refractivity contribution in [1.82, 2.24) is 30.0 Å². The van der Waals surface area contributed by atoms with Crippen molar-refractivity contribution in [2.75, 3.05) is 31.5 Å². The lowest BCUT2D eigenvalue weighted by Crippen LogP contribution is -2.36. The summed E-state index contributed by atoms with van der Waals surface area (Å²) in [5.74, 6) is 2.60. The predicted molar refractivity (Wildman–Crippen MR) is 138 cm³/mol. The Morgan fingerprint density at radius 1 is 1.16 bits per heavy atom. The van der Waals surface area contributed by atoms with Gasteiger partial charge in [-0.15, -0.1) is 0 Å². The number of aromatic nitrogens is 4. The molecule has 0 radical (unpaired) electrons. The van der Waals surface area contributed by atoms with Gasteiger partial charge in [0.2, 0.25) is 5.91 Å². The van der Waals surface area contributed by atoms with Gasteiger partial charge in [0.1, 0.15) is 17.2 Å². The molecule has 0 aromatic carbocycles. The van der Waals surface area contributed by atoms with Crippen molar-refractivity contribution in [3.05, 3.63) is 41.4 Å². The minimum absolute atomic E-state index is 0.180. The molecule has 37 heavy (non-hydrogen) atoms. The number of carbonyl (C=O) groups is 2. The van der Waals surface area contributed by atoms with Crippen molar-refractivity contribution >= 4 is 17.8 Å². The maximum Gasteiger partial charge on any atom is 0.407 e. The fourth-order valence-corrected chi connectivity index (χ4v) is 4.28. The number of amides is 2. The summed E-state index contributed by atoms with van der Waals surface area (Å²) in [5, 5.41) is 10.3. The topological polar surface area (TPSA) is 127 Å². The maximum absolute atomic E-state index is 12.9. The fourth-order valence-electron chi connectivity index (χ4n) is 4.28. The molecule has 0 bridgehead atoms. The lowest BCUT2D eigenvalue weighted by atomic mass is 10.1. The van der Waals surface area contributed by atoms with E-state index in [1.165, 1.54) is 0 Å². The van der Waals surface area contributed by atoms with Crippen LogP contribution in [0, 0.1) is 26.7 Å². The number of nitrogens with one attached hydrogen (secondary N) is 2. The number of nitrogens with zero attached hydrogens (tertiary/aromatic N) is 5. The van der Waals surface area contributed by atoms with Crippen LogP contribution >= 0.6 is 0 Å². The molecule has 3 aromatic heterocycles. The van der Waals surface area contributed by atoms with Crippen LogP contribution in [0.4, 0.5) is 10.6 Å². The number of furan rings is 1. The average Bonchev–Trinajstić information content (AvgIpc) is 3.51. The lowest BCUT2D eigenvalue weighted by Gasteiger charge is -2.21. The zero-order chi connectivity index (χ0) is 26.7. The van der Waals surface area contributed by atoms with Crippen molar-refractivity contribution in [3.63, 3.8) is 0 Å². The molecule has 2 amide bonds. The first-order chi connectivity index (χ1) is 17.4. The lowest BCUT2D eigenvalue weighted by molar-refractivity contribution is -0.117. The molecule has 2 N–H and O–H groups in total. The van der Waals surface area contributed by atoms with Crippen molar-refractivity contribution in [2.24, 2.45) is 5.92 Å². The van der Waals surface area contributed by atoms with E-state index < -0.39 is 11.7 Å². The molecule has 4 rings (SSSR count). The molecule has 1 aliphatic heterocycles. The predicted octanol–water partition coefficient (Wildman–Crippen LogP) is 3.63. The average molecular weight is 510 g/mol. The summed E-state index contributed by atoms with van der Waals surface area (Å²) < 4.78 is 12.7.